The maximum Gasteiger partial charge on any atom is 0.251 e. The topological polar surface area (TPSA) is 96.5 Å². The maximum absolute atomic E-state index is 12.1. The van der Waals surface area contributed by atoms with Gasteiger partial charge in [0.05, 0.1) is 7.11 Å². The number of hydrogen-bond acceptors (Lipinski definition) is 4. The first-order chi connectivity index (χ1) is 13.9. The van der Waals surface area contributed by atoms with Crippen molar-refractivity contribution < 1.29 is 19.1 Å². The molecule has 7 nitrogen and oxygen atoms in total. The molecular formula is C22H27N3O4. The highest BCUT2D eigenvalue weighted by Gasteiger charge is 2.09. The summed E-state index contributed by atoms with van der Waals surface area (Å²) in [5.74, 6) is 0.131. The second kappa shape index (κ2) is 10.8. The van der Waals surface area contributed by atoms with E-state index in [1.54, 1.807) is 55.6 Å². The Bertz CT molecular complexity index is 847. The molecule has 0 aliphatic rings. The summed E-state index contributed by atoms with van der Waals surface area (Å²) in [5, 5.41) is 8.39. The van der Waals surface area contributed by atoms with E-state index in [2.05, 4.69) is 16.0 Å². The number of carbonyl (C=O) groups excluding carboxylic acids is 3. The molecule has 29 heavy (non-hydrogen) atoms. The van der Waals surface area contributed by atoms with Crippen LogP contribution in [0.1, 0.15) is 37.0 Å². The summed E-state index contributed by atoms with van der Waals surface area (Å²) < 4.78 is 5.06. The van der Waals surface area contributed by atoms with Gasteiger partial charge in [0.15, 0.2) is 0 Å². The Hall–Kier alpha value is -3.35. The predicted molar refractivity (Wildman–Crippen MR) is 113 cm³/mol. The minimum atomic E-state index is -0.193. The van der Waals surface area contributed by atoms with E-state index in [1.165, 1.54) is 0 Å². The van der Waals surface area contributed by atoms with Gasteiger partial charge in [-0.2, -0.15) is 0 Å². The van der Waals surface area contributed by atoms with Crippen molar-refractivity contribution in [1.82, 2.24) is 5.32 Å². The molecule has 0 saturated carbocycles. The second-order valence-corrected chi connectivity index (χ2v) is 6.86. The highest BCUT2D eigenvalue weighted by atomic mass is 16.5. The van der Waals surface area contributed by atoms with Crippen molar-refractivity contribution in [2.24, 2.45) is 5.92 Å². The summed E-state index contributed by atoms with van der Waals surface area (Å²) >= 11 is 0. The number of rotatable bonds is 9. The summed E-state index contributed by atoms with van der Waals surface area (Å²) in [6.45, 7) is 4.02. The summed E-state index contributed by atoms with van der Waals surface area (Å²) in [6.07, 6.45) is 0.781. The SMILES string of the molecule is COc1ccc(C(=O)NCCCC(=O)Nc2cccc(NC(=O)C(C)C)c2)cc1. The monoisotopic (exact) mass is 397 g/mol. The molecule has 0 aliphatic heterocycles. The van der Waals surface area contributed by atoms with Gasteiger partial charge in [0.25, 0.3) is 5.91 Å². The normalized spacial score (nSPS) is 10.3. The van der Waals surface area contributed by atoms with Crippen LogP contribution in [0.15, 0.2) is 48.5 Å². The number of benzene rings is 2. The van der Waals surface area contributed by atoms with Crippen LogP contribution >= 0.6 is 0 Å². The molecule has 0 spiro atoms. The summed E-state index contributed by atoms with van der Waals surface area (Å²) in [6, 6.07) is 13.8. The molecule has 0 atom stereocenters. The van der Waals surface area contributed by atoms with E-state index in [1.807, 2.05) is 13.8 Å². The number of amides is 3. The number of anilines is 2. The van der Waals surface area contributed by atoms with Crippen LogP contribution in [0.3, 0.4) is 0 Å². The van der Waals surface area contributed by atoms with Crippen molar-refractivity contribution in [3.05, 3.63) is 54.1 Å². The van der Waals surface area contributed by atoms with Gasteiger partial charge in [-0.05, 0) is 48.9 Å². The number of carbonyl (C=O) groups is 3. The number of nitrogens with one attached hydrogen (secondary N) is 3. The molecule has 0 aliphatic carbocycles. The molecule has 3 N–H and O–H groups in total. The van der Waals surface area contributed by atoms with Gasteiger partial charge in [-0.25, -0.2) is 0 Å². The Morgan fingerprint density at radius 2 is 1.62 bits per heavy atom. The van der Waals surface area contributed by atoms with Crippen molar-refractivity contribution in [2.75, 3.05) is 24.3 Å². The average Bonchev–Trinajstić information content (AvgIpc) is 2.71. The van der Waals surface area contributed by atoms with Crippen molar-refractivity contribution in [3.8, 4) is 5.75 Å². The number of ether oxygens (including phenoxy) is 1. The molecule has 0 saturated heterocycles. The van der Waals surface area contributed by atoms with E-state index in [0.717, 1.165) is 0 Å². The van der Waals surface area contributed by atoms with Gasteiger partial charge < -0.3 is 20.7 Å². The van der Waals surface area contributed by atoms with Gasteiger partial charge in [-0.1, -0.05) is 19.9 Å². The second-order valence-electron chi connectivity index (χ2n) is 6.86. The highest BCUT2D eigenvalue weighted by molar-refractivity contribution is 5.95. The van der Waals surface area contributed by atoms with Gasteiger partial charge in [0.2, 0.25) is 11.8 Å². The van der Waals surface area contributed by atoms with Crippen LogP contribution in [0.25, 0.3) is 0 Å². The van der Waals surface area contributed by atoms with Gasteiger partial charge in [0.1, 0.15) is 5.75 Å². The lowest BCUT2D eigenvalue weighted by Gasteiger charge is -2.10. The number of methoxy groups -OCH3 is 1. The molecule has 154 valence electrons. The van der Waals surface area contributed by atoms with E-state index < -0.39 is 0 Å². The van der Waals surface area contributed by atoms with Crippen LogP contribution < -0.4 is 20.7 Å². The van der Waals surface area contributed by atoms with E-state index in [4.69, 9.17) is 4.74 Å². The molecule has 3 amide bonds. The first kappa shape index (κ1) is 21.9. The first-order valence-corrected chi connectivity index (χ1v) is 9.52. The molecule has 0 aromatic heterocycles. The van der Waals surface area contributed by atoms with Gasteiger partial charge in [-0.15, -0.1) is 0 Å². The van der Waals surface area contributed by atoms with E-state index >= 15 is 0 Å². The van der Waals surface area contributed by atoms with Gasteiger partial charge >= 0.3 is 0 Å². The molecule has 2 aromatic carbocycles. The Morgan fingerprint density at radius 3 is 2.24 bits per heavy atom. The molecule has 2 rings (SSSR count). The first-order valence-electron chi connectivity index (χ1n) is 9.52. The molecule has 0 unspecified atom stereocenters. The van der Waals surface area contributed by atoms with Crippen LogP contribution in [0.2, 0.25) is 0 Å². The molecule has 0 fully saturated rings. The van der Waals surface area contributed by atoms with Crippen molar-refractivity contribution in [2.45, 2.75) is 26.7 Å². The largest absolute Gasteiger partial charge is 0.497 e. The van der Waals surface area contributed by atoms with Crippen LogP contribution in [-0.4, -0.2) is 31.4 Å². The van der Waals surface area contributed by atoms with Crippen LogP contribution in [0, 0.1) is 5.92 Å². The molecule has 0 bridgehead atoms. The zero-order valence-electron chi connectivity index (χ0n) is 17.0. The van der Waals surface area contributed by atoms with Crippen LogP contribution in [0.5, 0.6) is 5.75 Å². The minimum Gasteiger partial charge on any atom is -0.497 e. The third-order valence-electron chi connectivity index (χ3n) is 4.16. The Labute approximate surface area is 170 Å². The maximum atomic E-state index is 12.1. The lowest BCUT2D eigenvalue weighted by molar-refractivity contribution is -0.119. The van der Waals surface area contributed by atoms with E-state index in [0.29, 0.717) is 35.7 Å². The predicted octanol–water partition coefficient (Wildman–Crippen LogP) is 3.44. The Kier molecular flexibility index (Phi) is 8.21. The fourth-order valence-electron chi connectivity index (χ4n) is 2.48. The van der Waals surface area contributed by atoms with Crippen LogP contribution in [0.4, 0.5) is 11.4 Å². The number of hydrogen-bond donors (Lipinski definition) is 3. The quantitative estimate of drug-likeness (QED) is 0.565. The van der Waals surface area contributed by atoms with Crippen LogP contribution in [-0.2, 0) is 9.59 Å². The average molecular weight is 397 g/mol. The smallest absolute Gasteiger partial charge is 0.251 e. The van der Waals surface area contributed by atoms with Gasteiger partial charge in [-0.3, -0.25) is 14.4 Å². The summed E-state index contributed by atoms with van der Waals surface area (Å²) in [5.41, 5.74) is 1.78. The Balaban J connectivity index is 1.74. The summed E-state index contributed by atoms with van der Waals surface area (Å²) in [7, 11) is 1.57. The summed E-state index contributed by atoms with van der Waals surface area (Å²) in [4.78, 5) is 36.0. The standard InChI is InChI=1S/C22H27N3O4/c1-15(2)21(27)25-18-7-4-6-17(14-18)24-20(26)8-5-13-23-22(28)16-9-11-19(29-3)12-10-16/h4,6-7,9-12,14-15H,5,8,13H2,1-3H3,(H,23,28)(H,24,26)(H,25,27). The highest BCUT2D eigenvalue weighted by Crippen LogP contribution is 2.16. The molecule has 0 heterocycles. The van der Waals surface area contributed by atoms with E-state index in [-0.39, 0.29) is 30.1 Å². The van der Waals surface area contributed by atoms with Crippen molar-refractivity contribution in [1.29, 1.82) is 0 Å². The zero-order valence-corrected chi connectivity index (χ0v) is 17.0. The zero-order chi connectivity index (χ0) is 21.2. The third-order valence-corrected chi connectivity index (χ3v) is 4.16. The molecule has 2 aromatic rings. The fraction of sp³-hybridized carbons (Fsp3) is 0.318. The molecular weight excluding hydrogens is 370 g/mol. The third kappa shape index (κ3) is 7.29. The van der Waals surface area contributed by atoms with E-state index in [9.17, 15) is 14.4 Å². The van der Waals surface area contributed by atoms with Crippen molar-refractivity contribution >= 4 is 29.1 Å². The van der Waals surface area contributed by atoms with Gasteiger partial charge in [0, 0.05) is 35.8 Å². The van der Waals surface area contributed by atoms with Crippen molar-refractivity contribution in [3.63, 3.8) is 0 Å². The Morgan fingerprint density at radius 1 is 0.966 bits per heavy atom. The lowest BCUT2D eigenvalue weighted by Crippen LogP contribution is -2.25. The molecule has 7 heteroatoms. The minimum absolute atomic E-state index is 0.0823. The lowest BCUT2D eigenvalue weighted by atomic mass is 10.2. The molecule has 0 radical (unpaired) electrons. The fourth-order valence-corrected chi connectivity index (χ4v) is 2.48.